The maximum absolute atomic E-state index is 13.9. The van der Waals surface area contributed by atoms with Crippen molar-refractivity contribution in [2.24, 2.45) is 0 Å². The van der Waals surface area contributed by atoms with Gasteiger partial charge in [-0.3, -0.25) is 4.98 Å². The van der Waals surface area contributed by atoms with Crippen LogP contribution >= 0.6 is 12.2 Å². The molecule has 0 unspecified atom stereocenters. The van der Waals surface area contributed by atoms with E-state index in [-0.39, 0.29) is 17.8 Å². The maximum atomic E-state index is 13.9. The Labute approximate surface area is 219 Å². The molecular weight excluding hydrogens is 493 g/mol. The smallest absolute Gasteiger partial charge is 0.351 e. The summed E-state index contributed by atoms with van der Waals surface area (Å²) in [6.07, 6.45) is -1.82. The molecule has 0 amide bonds. The third kappa shape index (κ3) is 4.50. The number of aromatic nitrogens is 2. The molecule has 2 aromatic carbocycles. The Kier molecular flexibility index (Phi) is 6.54. The lowest BCUT2D eigenvalue weighted by Crippen LogP contribution is -2.29. The Bertz CT molecular complexity index is 1430. The molecule has 1 aliphatic heterocycles. The molecule has 2 atom stereocenters. The SMILES string of the molecule is CCc1ccc(N2C(=S)N[C@@H](c3ccccn3)[C@H]2c2cc(C)n(-c3ccccc3C(F)(F)F)c2C)cc1. The minimum atomic E-state index is -4.47. The highest BCUT2D eigenvalue weighted by molar-refractivity contribution is 7.80. The molecule has 2 aromatic heterocycles. The highest BCUT2D eigenvalue weighted by Gasteiger charge is 2.43. The van der Waals surface area contributed by atoms with Crippen molar-refractivity contribution in [2.75, 3.05) is 4.90 Å². The molecule has 3 heterocycles. The highest BCUT2D eigenvalue weighted by atomic mass is 32.1. The lowest BCUT2D eigenvalue weighted by atomic mass is 9.96. The summed E-state index contributed by atoms with van der Waals surface area (Å²) in [4.78, 5) is 6.64. The molecule has 0 aliphatic carbocycles. The molecule has 190 valence electrons. The maximum Gasteiger partial charge on any atom is 0.418 e. The summed E-state index contributed by atoms with van der Waals surface area (Å²) in [6.45, 7) is 5.80. The van der Waals surface area contributed by atoms with Crippen molar-refractivity contribution >= 4 is 23.0 Å². The van der Waals surface area contributed by atoms with E-state index in [4.69, 9.17) is 12.2 Å². The summed E-state index contributed by atoms with van der Waals surface area (Å²) in [5.74, 6) is 0. The van der Waals surface area contributed by atoms with Gasteiger partial charge in [-0.05, 0) is 86.1 Å². The molecular formula is C29H27F3N4S. The third-order valence-electron chi connectivity index (χ3n) is 6.96. The number of thiocarbonyl (C=S) groups is 1. The highest BCUT2D eigenvalue weighted by Crippen LogP contribution is 2.44. The molecule has 1 saturated heterocycles. The van der Waals surface area contributed by atoms with E-state index in [0.29, 0.717) is 10.8 Å². The van der Waals surface area contributed by atoms with Gasteiger partial charge >= 0.3 is 6.18 Å². The van der Waals surface area contributed by atoms with E-state index in [1.54, 1.807) is 16.8 Å². The van der Waals surface area contributed by atoms with Gasteiger partial charge in [-0.2, -0.15) is 13.2 Å². The predicted octanol–water partition coefficient (Wildman–Crippen LogP) is 7.25. The first-order valence-electron chi connectivity index (χ1n) is 12.2. The van der Waals surface area contributed by atoms with Crippen molar-refractivity contribution in [3.63, 3.8) is 0 Å². The van der Waals surface area contributed by atoms with Gasteiger partial charge in [0.15, 0.2) is 5.11 Å². The minimum absolute atomic E-state index is 0.109. The number of pyridine rings is 1. The number of hydrogen-bond donors (Lipinski definition) is 1. The fraction of sp³-hybridized carbons (Fsp3) is 0.241. The van der Waals surface area contributed by atoms with Crippen LogP contribution in [0.5, 0.6) is 0 Å². The quantitative estimate of drug-likeness (QED) is 0.281. The number of nitrogens with zero attached hydrogens (tertiary/aromatic N) is 3. The molecule has 4 nitrogen and oxygen atoms in total. The average molecular weight is 521 g/mol. The Morgan fingerprint density at radius 2 is 1.68 bits per heavy atom. The number of para-hydroxylation sites is 1. The topological polar surface area (TPSA) is 33.1 Å². The van der Waals surface area contributed by atoms with Gasteiger partial charge in [0.25, 0.3) is 0 Å². The Hall–Kier alpha value is -3.65. The first-order chi connectivity index (χ1) is 17.7. The van der Waals surface area contributed by atoms with E-state index in [1.807, 2.05) is 50.2 Å². The summed E-state index contributed by atoms with van der Waals surface area (Å²) < 4.78 is 43.5. The number of nitrogens with one attached hydrogen (secondary N) is 1. The van der Waals surface area contributed by atoms with Crippen LogP contribution in [-0.2, 0) is 12.6 Å². The summed E-state index contributed by atoms with van der Waals surface area (Å²) in [5.41, 5.74) is 4.69. The van der Waals surface area contributed by atoms with Crippen LogP contribution in [0.15, 0.2) is 79.0 Å². The number of halogens is 3. The van der Waals surface area contributed by atoms with Gasteiger partial charge in [0.2, 0.25) is 0 Å². The van der Waals surface area contributed by atoms with Crippen LogP contribution in [0.25, 0.3) is 5.69 Å². The van der Waals surface area contributed by atoms with Crippen LogP contribution in [-0.4, -0.2) is 14.7 Å². The van der Waals surface area contributed by atoms with Gasteiger partial charge in [-0.1, -0.05) is 37.3 Å². The van der Waals surface area contributed by atoms with Gasteiger partial charge in [0, 0.05) is 23.3 Å². The first kappa shape index (κ1) is 25.0. The van der Waals surface area contributed by atoms with E-state index >= 15 is 0 Å². The van der Waals surface area contributed by atoms with Gasteiger partial charge in [-0.25, -0.2) is 0 Å². The molecule has 0 saturated carbocycles. The monoisotopic (exact) mass is 520 g/mol. The van der Waals surface area contributed by atoms with Crippen LogP contribution in [0.4, 0.5) is 18.9 Å². The Morgan fingerprint density at radius 1 is 0.973 bits per heavy atom. The molecule has 1 fully saturated rings. The summed E-state index contributed by atoms with van der Waals surface area (Å²) in [6, 6.07) is 21.0. The minimum Gasteiger partial charge on any atom is -0.351 e. The molecule has 1 aliphatic rings. The Balaban J connectivity index is 1.69. The number of benzene rings is 2. The second kappa shape index (κ2) is 9.67. The Morgan fingerprint density at radius 3 is 2.32 bits per heavy atom. The van der Waals surface area contributed by atoms with E-state index < -0.39 is 11.7 Å². The van der Waals surface area contributed by atoms with Crippen molar-refractivity contribution in [3.8, 4) is 5.69 Å². The molecule has 37 heavy (non-hydrogen) atoms. The van der Waals surface area contributed by atoms with Crippen LogP contribution < -0.4 is 10.2 Å². The molecule has 0 spiro atoms. The van der Waals surface area contributed by atoms with Crippen LogP contribution in [0.1, 0.15) is 52.8 Å². The fourth-order valence-electron chi connectivity index (χ4n) is 5.21. The second-order valence-corrected chi connectivity index (χ2v) is 9.58. The predicted molar refractivity (Wildman–Crippen MR) is 144 cm³/mol. The molecule has 4 aromatic rings. The van der Waals surface area contributed by atoms with Gasteiger partial charge in [0.05, 0.1) is 29.0 Å². The number of aryl methyl sites for hydroxylation is 2. The van der Waals surface area contributed by atoms with E-state index in [1.165, 1.54) is 17.7 Å². The molecule has 8 heteroatoms. The lowest BCUT2D eigenvalue weighted by Gasteiger charge is -2.28. The number of anilines is 1. The molecule has 1 N–H and O–H groups in total. The standard InChI is InChI=1S/C29H27F3N4S/c1-4-20-12-14-21(15-13-20)36-27(26(34-28(36)37)24-10-7-8-16-33-24)22-17-18(2)35(19(22)3)25-11-6-5-9-23(25)29(30,31)32/h5-17,26-27H,4H2,1-3H3,(H,34,37)/t26-,27+/m0/s1. The fourth-order valence-corrected chi connectivity index (χ4v) is 5.55. The first-order valence-corrected chi connectivity index (χ1v) is 12.6. The normalized spacial score (nSPS) is 17.8. The zero-order chi connectivity index (χ0) is 26.3. The van der Waals surface area contributed by atoms with Crippen LogP contribution in [0.2, 0.25) is 0 Å². The summed E-state index contributed by atoms with van der Waals surface area (Å²) in [5, 5.41) is 3.98. The molecule has 0 radical (unpaired) electrons. The largest absolute Gasteiger partial charge is 0.418 e. The zero-order valence-corrected chi connectivity index (χ0v) is 21.6. The van der Waals surface area contributed by atoms with Gasteiger partial charge < -0.3 is 14.8 Å². The summed E-state index contributed by atoms with van der Waals surface area (Å²) in [7, 11) is 0. The van der Waals surface area contributed by atoms with Crippen molar-refractivity contribution in [1.29, 1.82) is 0 Å². The van der Waals surface area contributed by atoms with Crippen LogP contribution in [0, 0.1) is 13.8 Å². The van der Waals surface area contributed by atoms with Crippen LogP contribution in [0.3, 0.4) is 0 Å². The number of hydrogen-bond acceptors (Lipinski definition) is 2. The number of alkyl halides is 3. The van der Waals surface area contributed by atoms with Crippen molar-refractivity contribution in [3.05, 3.63) is 113 Å². The lowest BCUT2D eigenvalue weighted by molar-refractivity contribution is -0.137. The van der Waals surface area contributed by atoms with E-state index in [2.05, 4.69) is 34.3 Å². The van der Waals surface area contributed by atoms with Crippen molar-refractivity contribution in [1.82, 2.24) is 14.9 Å². The van der Waals surface area contributed by atoms with Gasteiger partial charge in [0.1, 0.15) is 0 Å². The van der Waals surface area contributed by atoms with Crippen molar-refractivity contribution in [2.45, 2.75) is 45.5 Å². The third-order valence-corrected chi connectivity index (χ3v) is 7.27. The molecule has 0 bridgehead atoms. The van der Waals surface area contributed by atoms with E-state index in [0.717, 1.165) is 35.1 Å². The zero-order valence-electron chi connectivity index (χ0n) is 20.8. The second-order valence-electron chi connectivity index (χ2n) is 9.19. The molecule has 5 rings (SSSR count). The summed E-state index contributed by atoms with van der Waals surface area (Å²) >= 11 is 5.82. The number of rotatable bonds is 5. The average Bonchev–Trinajstić information content (AvgIpc) is 3.39. The van der Waals surface area contributed by atoms with Crippen molar-refractivity contribution < 1.29 is 13.2 Å². The van der Waals surface area contributed by atoms with Gasteiger partial charge in [-0.15, -0.1) is 0 Å². The van der Waals surface area contributed by atoms with E-state index in [9.17, 15) is 13.2 Å².